The van der Waals surface area contributed by atoms with Gasteiger partial charge in [-0.15, -0.1) is 0 Å². The highest BCUT2D eigenvalue weighted by Crippen LogP contribution is 2.25. The van der Waals surface area contributed by atoms with Crippen molar-refractivity contribution in [2.24, 2.45) is 0 Å². The number of hydrogen-bond acceptors (Lipinski definition) is 4. The summed E-state index contributed by atoms with van der Waals surface area (Å²) in [6, 6.07) is 16.9. The Morgan fingerprint density at radius 1 is 1.00 bits per heavy atom. The zero-order chi connectivity index (χ0) is 21.0. The van der Waals surface area contributed by atoms with Crippen molar-refractivity contribution in [3.05, 3.63) is 88.8 Å². The number of sulfonamides is 1. The Hall–Kier alpha value is -2.61. The zero-order valence-electron chi connectivity index (χ0n) is 16.1. The number of nitrogens with zero attached hydrogens (tertiary/aromatic N) is 2. The molecule has 0 aliphatic carbocycles. The average molecular weight is 433 g/mol. The van der Waals surface area contributed by atoms with Gasteiger partial charge >= 0.3 is 0 Å². The first kappa shape index (κ1) is 21.1. The summed E-state index contributed by atoms with van der Waals surface area (Å²) in [6.07, 6.45) is 1.52. The van der Waals surface area contributed by atoms with Crippen LogP contribution in [0.3, 0.4) is 0 Å². The third-order valence-electron chi connectivity index (χ3n) is 4.44. The molecule has 0 spiro atoms. The van der Waals surface area contributed by atoms with Gasteiger partial charge < -0.3 is 9.32 Å². The van der Waals surface area contributed by atoms with E-state index < -0.39 is 15.9 Å². The highest BCUT2D eigenvalue weighted by molar-refractivity contribution is 7.89. The van der Waals surface area contributed by atoms with Gasteiger partial charge in [-0.2, -0.15) is 4.31 Å². The van der Waals surface area contributed by atoms with E-state index in [0.717, 1.165) is 5.56 Å². The molecule has 0 aliphatic heterocycles. The predicted octanol–water partition coefficient (Wildman–Crippen LogP) is 4.03. The van der Waals surface area contributed by atoms with E-state index in [1.165, 1.54) is 40.7 Å². The van der Waals surface area contributed by atoms with E-state index in [1.807, 2.05) is 30.3 Å². The maximum atomic E-state index is 13.0. The van der Waals surface area contributed by atoms with E-state index in [2.05, 4.69) is 0 Å². The van der Waals surface area contributed by atoms with Gasteiger partial charge in [0, 0.05) is 20.6 Å². The van der Waals surface area contributed by atoms with Crippen LogP contribution in [0.15, 0.2) is 76.2 Å². The zero-order valence-corrected chi connectivity index (χ0v) is 17.7. The molecule has 0 saturated carbocycles. The molecule has 0 atom stereocenters. The van der Waals surface area contributed by atoms with Crippen LogP contribution in [-0.2, 0) is 23.1 Å². The van der Waals surface area contributed by atoms with Gasteiger partial charge in [0.1, 0.15) is 5.76 Å². The maximum Gasteiger partial charge on any atom is 0.255 e. The van der Waals surface area contributed by atoms with E-state index in [0.29, 0.717) is 5.76 Å². The topological polar surface area (TPSA) is 70.8 Å². The highest BCUT2D eigenvalue weighted by atomic mass is 35.5. The molecule has 6 nitrogen and oxygen atoms in total. The summed E-state index contributed by atoms with van der Waals surface area (Å²) in [7, 11) is -0.698. The van der Waals surface area contributed by atoms with Crippen molar-refractivity contribution in [3.63, 3.8) is 0 Å². The molecular formula is C21H21ClN2O4S. The molecule has 0 unspecified atom stereocenters. The molecule has 3 aromatic rings. The van der Waals surface area contributed by atoms with E-state index in [-0.39, 0.29) is 28.6 Å². The first-order chi connectivity index (χ1) is 13.8. The van der Waals surface area contributed by atoms with Gasteiger partial charge in [-0.1, -0.05) is 41.9 Å². The molecule has 0 N–H and O–H groups in total. The monoisotopic (exact) mass is 432 g/mol. The van der Waals surface area contributed by atoms with Crippen LogP contribution in [0.2, 0.25) is 5.02 Å². The molecule has 0 bridgehead atoms. The minimum absolute atomic E-state index is 0.00933. The minimum Gasteiger partial charge on any atom is -0.467 e. The second-order valence-corrected chi connectivity index (χ2v) is 9.08. The van der Waals surface area contributed by atoms with Crippen LogP contribution >= 0.6 is 11.6 Å². The quantitative estimate of drug-likeness (QED) is 0.565. The van der Waals surface area contributed by atoms with E-state index in [1.54, 1.807) is 19.2 Å². The average Bonchev–Trinajstić information content (AvgIpc) is 3.21. The van der Waals surface area contributed by atoms with Crippen molar-refractivity contribution in [1.29, 1.82) is 0 Å². The lowest BCUT2D eigenvalue weighted by Crippen LogP contribution is -2.28. The number of halogens is 1. The van der Waals surface area contributed by atoms with Crippen molar-refractivity contribution < 1.29 is 17.6 Å². The fourth-order valence-electron chi connectivity index (χ4n) is 2.85. The fraction of sp³-hybridized carbons (Fsp3) is 0.190. The van der Waals surface area contributed by atoms with Crippen LogP contribution in [0.4, 0.5) is 0 Å². The van der Waals surface area contributed by atoms with Crippen LogP contribution in [0.1, 0.15) is 21.7 Å². The summed E-state index contributed by atoms with van der Waals surface area (Å²) in [5, 5.41) is 0.186. The number of benzene rings is 2. The van der Waals surface area contributed by atoms with Crippen LogP contribution < -0.4 is 0 Å². The molecule has 29 heavy (non-hydrogen) atoms. The number of amides is 1. The van der Waals surface area contributed by atoms with Crippen molar-refractivity contribution in [2.75, 3.05) is 14.1 Å². The Morgan fingerprint density at radius 2 is 1.72 bits per heavy atom. The maximum absolute atomic E-state index is 13.0. The predicted molar refractivity (Wildman–Crippen MR) is 111 cm³/mol. The molecule has 3 rings (SSSR count). The summed E-state index contributed by atoms with van der Waals surface area (Å²) < 4.78 is 32.5. The smallest absolute Gasteiger partial charge is 0.255 e. The Kier molecular flexibility index (Phi) is 6.42. The first-order valence-electron chi connectivity index (χ1n) is 8.86. The van der Waals surface area contributed by atoms with Crippen molar-refractivity contribution in [3.8, 4) is 0 Å². The Balaban J connectivity index is 1.84. The van der Waals surface area contributed by atoms with Gasteiger partial charge in [-0.25, -0.2) is 8.42 Å². The molecule has 0 fully saturated rings. The molecule has 0 saturated heterocycles. The second-order valence-electron chi connectivity index (χ2n) is 6.63. The van der Waals surface area contributed by atoms with Gasteiger partial charge in [0.15, 0.2) is 0 Å². The summed E-state index contributed by atoms with van der Waals surface area (Å²) in [5.41, 5.74) is 0.983. The number of furan rings is 1. The van der Waals surface area contributed by atoms with Gasteiger partial charge in [0.2, 0.25) is 10.0 Å². The van der Waals surface area contributed by atoms with Crippen LogP contribution in [-0.4, -0.2) is 37.6 Å². The Labute approximate surface area is 175 Å². The number of carbonyl (C=O) groups is 1. The van der Waals surface area contributed by atoms with Crippen LogP contribution in [0, 0.1) is 0 Å². The van der Waals surface area contributed by atoms with Crippen LogP contribution in [0.5, 0.6) is 0 Å². The van der Waals surface area contributed by atoms with Gasteiger partial charge in [0.05, 0.1) is 28.3 Å². The molecule has 0 radical (unpaired) electrons. The first-order valence-corrected chi connectivity index (χ1v) is 10.7. The third-order valence-corrected chi connectivity index (χ3v) is 6.57. The third kappa shape index (κ3) is 4.87. The lowest BCUT2D eigenvalue weighted by atomic mass is 10.2. The van der Waals surface area contributed by atoms with Gasteiger partial charge in [-0.05, 0) is 35.9 Å². The molecule has 152 valence electrons. The minimum atomic E-state index is -3.80. The number of rotatable bonds is 7. The Bertz CT molecular complexity index is 1080. The van der Waals surface area contributed by atoms with Crippen LogP contribution in [0.25, 0.3) is 0 Å². The largest absolute Gasteiger partial charge is 0.467 e. The van der Waals surface area contributed by atoms with Crippen molar-refractivity contribution in [1.82, 2.24) is 9.21 Å². The SMILES string of the molecule is CN(Cc1ccco1)C(=O)c1cc(S(=O)(=O)N(C)Cc2ccccc2)ccc1Cl. The van der Waals surface area contributed by atoms with Gasteiger partial charge in [-0.3, -0.25) is 4.79 Å². The van der Waals surface area contributed by atoms with Crippen molar-refractivity contribution in [2.45, 2.75) is 18.0 Å². The summed E-state index contributed by atoms with van der Waals surface area (Å²) in [4.78, 5) is 14.3. The summed E-state index contributed by atoms with van der Waals surface area (Å²) >= 11 is 6.20. The number of carbonyl (C=O) groups excluding carboxylic acids is 1. The lowest BCUT2D eigenvalue weighted by Gasteiger charge is -2.20. The fourth-order valence-corrected chi connectivity index (χ4v) is 4.23. The Morgan fingerprint density at radius 3 is 2.38 bits per heavy atom. The molecule has 1 aromatic heterocycles. The summed E-state index contributed by atoms with van der Waals surface area (Å²) in [6.45, 7) is 0.459. The molecule has 1 amide bonds. The summed E-state index contributed by atoms with van der Waals surface area (Å²) in [5.74, 6) is 0.220. The normalized spacial score (nSPS) is 11.6. The molecule has 0 aliphatic rings. The molecule has 8 heteroatoms. The van der Waals surface area contributed by atoms with Crippen molar-refractivity contribution >= 4 is 27.5 Å². The molecular weight excluding hydrogens is 412 g/mol. The lowest BCUT2D eigenvalue weighted by molar-refractivity contribution is 0.0775. The number of hydrogen-bond donors (Lipinski definition) is 0. The molecule has 1 heterocycles. The van der Waals surface area contributed by atoms with E-state index in [4.69, 9.17) is 16.0 Å². The highest BCUT2D eigenvalue weighted by Gasteiger charge is 2.24. The van der Waals surface area contributed by atoms with E-state index in [9.17, 15) is 13.2 Å². The second kappa shape index (κ2) is 8.82. The van der Waals surface area contributed by atoms with E-state index >= 15 is 0 Å². The molecule has 2 aromatic carbocycles. The van der Waals surface area contributed by atoms with Gasteiger partial charge in [0.25, 0.3) is 5.91 Å². The standard InChI is InChI=1S/C21H21ClN2O4S/c1-23(15-17-9-6-12-28-17)21(25)19-13-18(10-11-20(19)22)29(26,27)24(2)14-16-7-4-3-5-8-16/h3-13H,14-15H2,1-2H3.